The van der Waals surface area contributed by atoms with E-state index in [-0.39, 0.29) is 43.1 Å². The van der Waals surface area contributed by atoms with E-state index in [1.54, 1.807) is 6.07 Å². The number of hydrogen-bond acceptors (Lipinski definition) is 3. The largest absolute Gasteiger partial charge is 0.507 e. The fourth-order valence-corrected chi connectivity index (χ4v) is 6.87. The molecule has 0 radical (unpaired) electrons. The number of phenolic OH excluding ortho intramolecular Hbond substituents is 1. The summed E-state index contributed by atoms with van der Waals surface area (Å²) in [7, 11) is 0. The van der Waals surface area contributed by atoms with Gasteiger partial charge in [-0.2, -0.15) is 0 Å². The van der Waals surface area contributed by atoms with Crippen molar-refractivity contribution in [2.75, 3.05) is 0 Å². The molecule has 0 aliphatic carbocycles. The second-order valence-corrected chi connectivity index (χ2v) is 16.5. The van der Waals surface area contributed by atoms with E-state index < -0.39 is 0 Å². The van der Waals surface area contributed by atoms with E-state index in [1.165, 1.54) is 22.1 Å². The molecule has 2 heterocycles. The molecule has 0 saturated heterocycles. The van der Waals surface area contributed by atoms with Crippen molar-refractivity contribution >= 4 is 21.9 Å². The number of hydrogen-bond donors (Lipinski definition) is 1. The SMILES string of the molecule is CC(C)(C)c1ccc(-n2c(-c3[c-]c(-c4cc(C(C)(C)C)cc5c(C(C)(C)C)ccnc45)ccc3)nc3c(-c4ccccc4O)cccc32)cc1.[Pt]. The molecule has 0 saturated carbocycles. The van der Waals surface area contributed by atoms with Gasteiger partial charge in [0, 0.05) is 49.6 Å². The zero-order chi connectivity index (χ0) is 35.6. The average Bonchev–Trinajstić information content (AvgIpc) is 3.47. The molecule has 0 bridgehead atoms. The fraction of sp³-hybridized carbons (Fsp3) is 0.261. The first-order valence-corrected chi connectivity index (χ1v) is 17.5. The number of para-hydroxylation sites is 2. The molecule has 4 nitrogen and oxygen atoms in total. The zero-order valence-corrected chi connectivity index (χ0v) is 33.3. The van der Waals surface area contributed by atoms with Crippen LogP contribution in [-0.2, 0) is 37.3 Å². The number of fused-ring (bicyclic) bond motifs is 2. The molecule has 0 fully saturated rings. The van der Waals surface area contributed by atoms with Crippen LogP contribution in [-0.4, -0.2) is 19.6 Å². The monoisotopic (exact) mass is 851 g/mol. The summed E-state index contributed by atoms with van der Waals surface area (Å²) >= 11 is 0. The van der Waals surface area contributed by atoms with Crippen LogP contribution < -0.4 is 0 Å². The summed E-state index contributed by atoms with van der Waals surface area (Å²) in [4.78, 5) is 10.3. The predicted molar refractivity (Wildman–Crippen MR) is 209 cm³/mol. The quantitative estimate of drug-likeness (QED) is 0.180. The molecule has 7 aromatic rings. The van der Waals surface area contributed by atoms with Crippen molar-refractivity contribution in [3.8, 4) is 45.1 Å². The number of aromatic nitrogens is 3. The van der Waals surface area contributed by atoms with Crippen LogP contribution in [0.2, 0.25) is 0 Å². The summed E-state index contributed by atoms with van der Waals surface area (Å²) in [5.74, 6) is 1.01. The Morgan fingerprint density at radius 2 is 1.24 bits per heavy atom. The van der Waals surface area contributed by atoms with Crippen molar-refractivity contribution in [2.45, 2.75) is 78.6 Å². The van der Waals surface area contributed by atoms with E-state index in [1.807, 2.05) is 36.5 Å². The molecule has 0 amide bonds. The molecule has 262 valence electrons. The minimum atomic E-state index is -0.0574. The Morgan fingerprint density at radius 3 is 1.90 bits per heavy atom. The first kappa shape index (κ1) is 36.3. The van der Waals surface area contributed by atoms with Gasteiger partial charge in [-0.15, -0.1) is 29.8 Å². The zero-order valence-electron chi connectivity index (χ0n) is 31.0. The van der Waals surface area contributed by atoms with Crippen molar-refractivity contribution in [3.63, 3.8) is 0 Å². The summed E-state index contributed by atoms with van der Waals surface area (Å²) < 4.78 is 2.22. The molecular formula is C46H46N3OPt-. The number of aromatic hydroxyl groups is 1. The standard InChI is InChI=1S/C46H46N3O.Pt/c1-44(2,3)31-20-22-33(23-21-31)49-39-18-13-17-35(34-16-10-11-19-40(34)50)42(39)48-43(49)30-15-12-14-29(26-30)36-27-32(45(4,5)6)28-37-38(46(7,8)9)24-25-47-41(36)37;/h10-25,27-28,50H,1-9H3;/q-1;. The van der Waals surface area contributed by atoms with Crippen LogP contribution >= 0.6 is 0 Å². The van der Waals surface area contributed by atoms with Gasteiger partial charge in [0.1, 0.15) is 5.75 Å². The van der Waals surface area contributed by atoms with Crippen LogP contribution in [0.4, 0.5) is 0 Å². The molecule has 0 aliphatic rings. The van der Waals surface area contributed by atoms with Crippen molar-refractivity contribution < 1.29 is 26.2 Å². The Morgan fingerprint density at radius 1 is 0.588 bits per heavy atom. The first-order valence-electron chi connectivity index (χ1n) is 17.5. The Balaban J connectivity index is 0.00000448. The van der Waals surface area contributed by atoms with Crippen molar-refractivity contribution in [1.82, 2.24) is 14.5 Å². The Hall–Kier alpha value is -4.53. The smallest absolute Gasteiger partial charge is 0.123 e. The summed E-state index contributed by atoms with van der Waals surface area (Å²) in [6.45, 7) is 20.3. The predicted octanol–water partition coefficient (Wildman–Crippen LogP) is 12.0. The molecule has 1 N–H and O–H groups in total. The summed E-state index contributed by atoms with van der Waals surface area (Å²) in [6.07, 6.45) is 1.94. The van der Waals surface area contributed by atoms with Gasteiger partial charge in [0.15, 0.2) is 0 Å². The van der Waals surface area contributed by atoms with Crippen LogP contribution in [0.3, 0.4) is 0 Å². The Bertz CT molecular complexity index is 2380. The maximum atomic E-state index is 10.9. The number of nitrogens with zero attached hydrogens (tertiary/aromatic N) is 3. The van der Waals surface area contributed by atoms with Gasteiger partial charge in [-0.3, -0.25) is 9.97 Å². The molecule has 51 heavy (non-hydrogen) atoms. The fourth-order valence-electron chi connectivity index (χ4n) is 6.87. The number of imidazole rings is 1. The third kappa shape index (κ3) is 6.79. The maximum Gasteiger partial charge on any atom is 0.123 e. The van der Waals surface area contributed by atoms with Gasteiger partial charge in [0.25, 0.3) is 0 Å². The minimum Gasteiger partial charge on any atom is -0.507 e. The molecule has 0 unspecified atom stereocenters. The van der Waals surface area contributed by atoms with Gasteiger partial charge in [-0.05, 0) is 68.7 Å². The molecule has 5 heteroatoms. The van der Waals surface area contributed by atoms with Gasteiger partial charge < -0.3 is 9.67 Å². The van der Waals surface area contributed by atoms with E-state index in [0.29, 0.717) is 0 Å². The molecule has 0 atom stereocenters. The minimum absolute atomic E-state index is 0. The van der Waals surface area contributed by atoms with E-state index >= 15 is 0 Å². The topological polar surface area (TPSA) is 50.9 Å². The van der Waals surface area contributed by atoms with E-state index in [9.17, 15) is 5.11 Å². The Labute approximate surface area is 316 Å². The number of rotatable bonds is 4. The number of benzene rings is 5. The van der Waals surface area contributed by atoms with E-state index in [0.717, 1.165) is 55.9 Å². The number of pyridine rings is 1. The van der Waals surface area contributed by atoms with Crippen molar-refractivity contribution in [3.05, 3.63) is 132 Å². The molecule has 7 rings (SSSR count). The molecule has 5 aromatic carbocycles. The van der Waals surface area contributed by atoms with Gasteiger partial charge in [0.2, 0.25) is 0 Å². The Kier molecular flexibility index (Phi) is 9.40. The van der Waals surface area contributed by atoms with Gasteiger partial charge >= 0.3 is 0 Å². The van der Waals surface area contributed by atoms with Crippen LogP contribution in [0, 0.1) is 6.07 Å². The summed E-state index contributed by atoms with van der Waals surface area (Å²) in [6, 6.07) is 39.3. The summed E-state index contributed by atoms with van der Waals surface area (Å²) in [5, 5.41) is 12.1. The van der Waals surface area contributed by atoms with Crippen molar-refractivity contribution in [2.24, 2.45) is 0 Å². The van der Waals surface area contributed by atoms with Crippen LogP contribution in [0.1, 0.15) is 79.0 Å². The second-order valence-electron chi connectivity index (χ2n) is 16.5. The third-order valence-electron chi connectivity index (χ3n) is 9.72. The van der Waals surface area contributed by atoms with Gasteiger partial charge in [-0.25, -0.2) is 0 Å². The van der Waals surface area contributed by atoms with E-state index in [4.69, 9.17) is 9.97 Å². The van der Waals surface area contributed by atoms with Crippen LogP contribution in [0.15, 0.2) is 109 Å². The molecule has 2 aromatic heterocycles. The van der Waals surface area contributed by atoms with Crippen molar-refractivity contribution in [1.29, 1.82) is 0 Å². The third-order valence-corrected chi connectivity index (χ3v) is 9.72. The van der Waals surface area contributed by atoms with Crippen LogP contribution in [0.25, 0.3) is 61.3 Å². The van der Waals surface area contributed by atoms with E-state index in [2.05, 4.69) is 140 Å². The van der Waals surface area contributed by atoms with Gasteiger partial charge in [-0.1, -0.05) is 128 Å². The average molecular weight is 852 g/mol. The maximum absolute atomic E-state index is 10.9. The summed E-state index contributed by atoms with van der Waals surface area (Å²) in [5.41, 5.74) is 12.1. The first-order chi connectivity index (χ1) is 23.6. The molecule has 0 spiro atoms. The number of phenols is 1. The normalized spacial score (nSPS) is 12.3. The van der Waals surface area contributed by atoms with Crippen LogP contribution in [0.5, 0.6) is 5.75 Å². The molecule has 0 aliphatic heterocycles. The molecular weight excluding hydrogens is 806 g/mol. The second kappa shape index (κ2) is 13.2. The van der Waals surface area contributed by atoms with Gasteiger partial charge in [0.05, 0.1) is 16.9 Å².